The van der Waals surface area contributed by atoms with Gasteiger partial charge in [0.15, 0.2) is 0 Å². The predicted molar refractivity (Wildman–Crippen MR) is 110 cm³/mol. The normalized spacial score (nSPS) is 31.6. The molecule has 4 aliphatic rings. The van der Waals surface area contributed by atoms with Crippen molar-refractivity contribution in [1.82, 2.24) is 14.8 Å². The van der Waals surface area contributed by atoms with E-state index in [1.165, 1.54) is 6.20 Å². The van der Waals surface area contributed by atoms with E-state index < -0.39 is 6.17 Å². The lowest BCUT2D eigenvalue weighted by molar-refractivity contribution is -0.0481. The van der Waals surface area contributed by atoms with Crippen LogP contribution in [0.4, 0.5) is 10.4 Å². The molecule has 3 saturated heterocycles. The van der Waals surface area contributed by atoms with Gasteiger partial charge in [-0.1, -0.05) is 0 Å². The van der Waals surface area contributed by atoms with Crippen LogP contribution in [0, 0.1) is 11.3 Å². The minimum atomic E-state index is -0.560. The van der Waals surface area contributed by atoms with E-state index in [-0.39, 0.29) is 18.1 Å². The van der Waals surface area contributed by atoms with Crippen molar-refractivity contribution in [3.8, 4) is 0 Å². The Morgan fingerprint density at radius 3 is 2.73 bits per heavy atom. The SMILES string of the molecule is CN(C)c1ncc(C(=O)N2CC[C@H]3CC(CN4CCC5(CC4)CC(F)C5)O[C@H]3C2)o1. The molecule has 3 atom stereocenters. The number of nitrogens with zero attached hydrogens (tertiary/aromatic N) is 4. The Morgan fingerprint density at radius 1 is 1.30 bits per heavy atom. The molecule has 1 unspecified atom stereocenters. The lowest BCUT2D eigenvalue weighted by Crippen LogP contribution is -2.49. The number of likely N-dealkylation sites (tertiary alicyclic amines) is 2. The van der Waals surface area contributed by atoms with E-state index in [9.17, 15) is 9.18 Å². The van der Waals surface area contributed by atoms with Crippen molar-refractivity contribution in [2.75, 3.05) is 51.7 Å². The highest BCUT2D eigenvalue weighted by Crippen LogP contribution is 2.50. The van der Waals surface area contributed by atoms with Crippen molar-refractivity contribution >= 4 is 11.9 Å². The first-order valence-electron chi connectivity index (χ1n) is 11.4. The lowest BCUT2D eigenvalue weighted by Gasteiger charge is -2.49. The van der Waals surface area contributed by atoms with Gasteiger partial charge in [0.2, 0.25) is 5.76 Å². The number of hydrogen-bond donors (Lipinski definition) is 0. The summed E-state index contributed by atoms with van der Waals surface area (Å²) < 4.78 is 25.3. The van der Waals surface area contributed by atoms with Crippen molar-refractivity contribution in [2.24, 2.45) is 11.3 Å². The Labute approximate surface area is 177 Å². The summed E-state index contributed by atoms with van der Waals surface area (Å²) in [5, 5.41) is 0. The molecule has 166 valence electrons. The number of fused-ring (bicyclic) bond motifs is 1. The monoisotopic (exact) mass is 420 g/mol. The van der Waals surface area contributed by atoms with Gasteiger partial charge >= 0.3 is 0 Å². The first-order chi connectivity index (χ1) is 14.4. The van der Waals surface area contributed by atoms with Gasteiger partial charge < -0.3 is 23.9 Å². The summed E-state index contributed by atoms with van der Waals surface area (Å²) in [4.78, 5) is 23.1. The fourth-order valence-electron chi connectivity index (χ4n) is 5.84. The molecule has 3 aliphatic heterocycles. The first kappa shape index (κ1) is 20.2. The third kappa shape index (κ3) is 3.84. The maximum Gasteiger partial charge on any atom is 0.297 e. The van der Waals surface area contributed by atoms with E-state index in [2.05, 4.69) is 9.88 Å². The van der Waals surface area contributed by atoms with Crippen LogP contribution in [0.15, 0.2) is 10.6 Å². The maximum absolute atomic E-state index is 13.3. The largest absolute Gasteiger partial charge is 0.418 e. The van der Waals surface area contributed by atoms with Crippen LogP contribution in [0.2, 0.25) is 0 Å². The molecule has 1 saturated carbocycles. The zero-order chi connectivity index (χ0) is 20.9. The number of anilines is 1. The van der Waals surface area contributed by atoms with Crippen molar-refractivity contribution in [2.45, 2.75) is 56.9 Å². The highest BCUT2D eigenvalue weighted by Gasteiger charge is 2.47. The van der Waals surface area contributed by atoms with E-state index in [4.69, 9.17) is 9.15 Å². The molecule has 8 heteroatoms. The van der Waals surface area contributed by atoms with Crippen LogP contribution >= 0.6 is 0 Å². The molecule has 1 aromatic rings. The second-order valence-electron chi connectivity index (χ2n) is 10.0. The van der Waals surface area contributed by atoms with E-state index in [1.807, 2.05) is 19.0 Å². The summed E-state index contributed by atoms with van der Waals surface area (Å²) in [5.41, 5.74) is 0.300. The van der Waals surface area contributed by atoms with Crippen LogP contribution in [0.1, 0.15) is 49.1 Å². The average Bonchev–Trinajstić information content (AvgIpc) is 3.34. The Morgan fingerprint density at radius 2 is 2.07 bits per heavy atom. The Hall–Kier alpha value is -1.67. The van der Waals surface area contributed by atoms with Gasteiger partial charge in [-0.05, 0) is 62.9 Å². The molecule has 1 spiro atoms. The fourth-order valence-corrected chi connectivity index (χ4v) is 5.84. The zero-order valence-corrected chi connectivity index (χ0v) is 18.1. The van der Waals surface area contributed by atoms with Gasteiger partial charge in [0.25, 0.3) is 11.9 Å². The number of carbonyl (C=O) groups is 1. The predicted octanol–water partition coefficient (Wildman–Crippen LogP) is 2.57. The van der Waals surface area contributed by atoms with Gasteiger partial charge in [-0.3, -0.25) is 4.79 Å². The van der Waals surface area contributed by atoms with E-state index >= 15 is 0 Å². The van der Waals surface area contributed by atoms with Crippen molar-refractivity contribution < 1.29 is 18.3 Å². The number of rotatable bonds is 4. The summed E-state index contributed by atoms with van der Waals surface area (Å²) in [6.45, 7) is 4.45. The van der Waals surface area contributed by atoms with Crippen molar-refractivity contribution in [3.63, 3.8) is 0 Å². The van der Waals surface area contributed by atoms with Crippen LogP contribution in [-0.4, -0.2) is 85.9 Å². The van der Waals surface area contributed by atoms with Gasteiger partial charge in [0, 0.05) is 33.7 Å². The summed E-state index contributed by atoms with van der Waals surface area (Å²) >= 11 is 0. The van der Waals surface area contributed by atoms with Crippen LogP contribution < -0.4 is 4.90 Å². The number of carbonyl (C=O) groups excluding carboxylic acids is 1. The summed E-state index contributed by atoms with van der Waals surface area (Å²) in [7, 11) is 3.68. The minimum Gasteiger partial charge on any atom is -0.418 e. The van der Waals surface area contributed by atoms with E-state index in [0.29, 0.717) is 29.7 Å². The molecule has 0 aromatic carbocycles. The third-order valence-electron chi connectivity index (χ3n) is 7.69. The molecule has 1 amide bonds. The standard InChI is InChI=1S/C22H33FN4O3/c1-25(2)21-24-12-18(30-21)20(28)27-6-3-15-9-17(29-19(15)14-27)13-26-7-4-22(5-8-26)10-16(23)11-22/h12,15-17,19H,3-11,13-14H2,1-2H3/t15-,17?,19-/m0/s1. The summed E-state index contributed by atoms with van der Waals surface area (Å²) in [6.07, 6.45) is 7.16. The van der Waals surface area contributed by atoms with Crippen molar-refractivity contribution in [1.29, 1.82) is 0 Å². The number of oxazole rings is 1. The number of alkyl halides is 1. The van der Waals surface area contributed by atoms with Gasteiger partial charge in [-0.2, -0.15) is 0 Å². The molecule has 5 rings (SSSR count). The molecule has 0 bridgehead atoms. The van der Waals surface area contributed by atoms with Crippen LogP contribution in [0.25, 0.3) is 0 Å². The summed E-state index contributed by atoms with van der Waals surface area (Å²) in [6, 6.07) is 0.442. The maximum atomic E-state index is 13.3. The Balaban J connectivity index is 1.12. The van der Waals surface area contributed by atoms with Crippen LogP contribution in [0.5, 0.6) is 0 Å². The molecule has 0 N–H and O–H groups in total. The molecule has 4 fully saturated rings. The lowest BCUT2D eigenvalue weighted by atomic mass is 9.62. The fraction of sp³-hybridized carbons (Fsp3) is 0.818. The molecule has 4 heterocycles. The quantitative estimate of drug-likeness (QED) is 0.746. The highest BCUT2D eigenvalue weighted by atomic mass is 19.1. The molecule has 1 aliphatic carbocycles. The van der Waals surface area contributed by atoms with Crippen LogP contribution in [-0.2, 0) is 4.74 Å². The molecule has 1 aromatic heterocycles. The van der Waals surface area contributed by atoms with E-state index in [0.717, 1.165) is 64.7 Å². The number of amides is 1. The number of aromatic nitrogens is 1. The molecule has 7 nitrogen and oxygen atoms in total. The first-order valence-corrected chi connectivity index (χ1v) is 11.4. The van der Waals surface area contributed by atoms with Gasteiger partial charge in [-0.25, -0.2) is 9.37 Å². The average molecular weight is 421 g/mol. The van der Waals surface area contributed by atoms with Crippen molar-refractivity contribution in [3.05, 3.63) is 12.0 Å². The number of halogens is 1. The third-order valence-corrected chi connectivity index (χ3v) is 7.69. The number of hydrogen-bond acceptors (Lipinski definition) is 6. The topological polar surface area (TPSA) is 62.1 Å². The van der Waals surface area contributed by atoms with E-state index in [1.54, 1.807) is 4.90 Å². The number of piperidine rings is 2. The smallest absolute Gasteiger partial charge is 0.297 e. The second kappa shape index (κ2) is 7.79. The minimum absolute atomic E-state index is 0.103. The molecule has 30 heavy (non-hydrogen) atoms. The van der Waals surface area contributed by atoms with Gasteiger partial charge in [0.1, 0.15) is 6.17 Å². The second-order valence-corrected chi connectivity index (χ2v) is 10.0. The summed E-state index contributed by atoms with van der Waals surface area (Å²) in [5.74, 6) is 0.718. The molecule has 0 radical (unpaired) electrons. The number of ether oxygens (including phenoxy) is 1. The molecular formula is C22H33FN4O3. The van der Waals surface area contributed by atoms with Crippen LogP contribution in [0.3, 0.4) is 0 Å². The Bertz CT molecular complexity index is 768. The van der Waals surface area contributed by atoms with Gasteiger partial charge in [-0.15, -0.1) is 0 Å². The van der Waals surface area contributed by atoms with Gasteiger partial charge in [0.05, 0.1) is 18.4 Å². The highest BCUT2D eigenvalue weighted by molar-refractivity contribution is 5.91. The Kier molecular flexibility index (Phi) is 5.25. The zero-order valence-electron chi connectivity index (χ0n) is 18.1. The molecular weight excluding hydrogens is 387 g/mol.